The van der Waals surface area contributed by atoms with Gasteiger partial charge in [-0.15, -0.1) is 0 Å². The lowest BCUT2D eigenvalue weighted by molar-refractivity contribution is 0.0781. The summed E-state index contributed by atoms with van der Waals surface area (Å²) >= 11 is 0. The second kappa shape index (κ2) is 9.93. The summed E-state index contributed by atoms with van der Waals surface area (Å²) < 4.78 is 7.76. The van der Waals surface area contributed by atoms with Crippen molar-refractivity contribution in [2.24, 2.45) is 5.92 Å². The van der Waals surface area contributed by atoms with E-state index in [4.69, 9.17) is 4.74 Å². The molecule has 3 amide bonds. The Morgan fingerprint density at radius 3 is 2.75 bits per heavy atom. The zero-order chi connectivity index (χ0) is 25.2. The highest BCUT2D eigenvalue weighted by Crippen LogP contribution is 2.34. The molecule has 1 aromatic heterocycles. The number of anilines is 4. The molecule has 0 saturated heterocycles. The van der Waals surface area contributed by atoms with E-state index in [1.165, 1.54) is 0 Å². The van der Waals surface area contributed by atoms with Crippen LogP contribution in [0, 0.1) is 5.92 Å². The zero-order valence-electron chi connectivity index (χ0n) is 21.0. The monoisotopic (exact) mass is 488 g/mol. The van der Waals surface area contributed by atoms with Crippen molar-refractivity contribution in [2.75, 3.05) is 42.3 Å². The molecule has 9 heteroatoms. The van der Waals surface area contributed by atoms with Crippen LogP contribution in [0.1, 0.15) is 36.2 Å². The molecule has 2 aromatic carbocycles. The van der Waals surface area contributed by atoms with Crippen LogP contribution in [0.3, 0.4) is 0 Å². The maximum Gasteiger partial charge on any atom is 0.325 e. The van der Waals surface area contributed by atoms with Crippen molar-refractivity contribution in [3.63, 3.8) is 0 Å². The van der Waals surface area contributed by atoms with Crippen molar-refractivity contribution in [3.05, 3.63) is 59.7 Å². The number of likely N-dealkylation sites (N-methyl/N-ethyl adjacent to an activating group) is 1. The first-order chi connectivity index (χ1) is 17.4. The maximum absolute atomic E-state index is 12.7. The van der Waals surface area contributed by atoms with Crippen LogP contribution in [-0.2, 0) is 13.0 Å². The van der Waals surface area contributed by atoms with Crippen LogP contribution in [0.2, 0.25) is 0 Å². The Kier molecular flexibility index (Phi) is 6.54. The Morgan fingerprint density at radius 2 is 1.92 bits per heavy atom. The van der Waals surface area contributed by atoms with Gasteiger partial charge in [-0.25, -0.2) is 9.48 Å². The number of ether oxygens (including phenoxy) is 1. The molecule has 0 radical (unpaired) electrons. The fraction of sp³-hybridized carbons (Fsp3) is 0.370. The van der Waals surface area contributed by atoms with E-state index < -0.39 is 0 Å². The van der Waals surface area contributed by atoms with Gasteiger partial charge in [0.2, 0.25) is 0 Å². The largest absolute Gasteiger partial charge is 0.491 e. The first-order valence-corrected chi connectivity index (χ1v) is 12.4. The van der Waals surface area contributed by atoms with Gasteiger partial charge in [0.15, 0.2) is 5.82 Å². The number of carbonyl (C=O) groups is 2. The molecule has 3 aromatic rings. The molecule has 0 saturated carbocycles. The number of carbonyl (C=O) groups excluding carboxylic acids is 2. The first kappa shape index (κ1) is 23.7. The Labute approximate surface area is 211 Å². The summed E-state index contributed by atoms with van der Waals surface area (Å²) in [4.78, 5) is 29.1. The number of rotatable bonds is 7. The topological polar surface area (TPSA) is 91.7 Å². The fourth-order valence-corrected chi connectivity index (χ4v) is 4.55. The van der Waals surface area contributed by atoms with Crippen LogP contribution in [0.4, 0.5) is 27.8 Å². The van der Waals surface area contributed by atoms with Gasteiger partial charge in [0, 0.05) is 37.5 Å². The number of nitrogens with one attached hydrogen (secondary N) is 2. The Hall–Kier alpha value is -4.01. The lowest BCUT2D eigenvalue weighted by atomic mass is 9.98. The quantitative estimate of drug-likeness (QED) is 0.502. The number of hydrogen-bond donors (Lipinski definition) is 2. The maximum atomic E-state index is 12.7. The van der Waals surface area contributed by atoms with Crippen LogP contribution in [0.15, 0.2) is 48.5 Å². The second-order valence-electron chi connectivity index (χ2n) is 9.69. The Morgan fingerprint density at radius 1 is 1.08 bits per heavy atom. The van der Waals surface area contributed by atoms with Gasteiger partial charge >= 0.3 is 6.03 Å². The van der Waals surface area contributed by atoms with Crippen molar-refractivity contribution >= 4 is 34.9 Å². The van der Waals surface area contributed by atoms with Gasteiger partial charge in [0.25, 0.3) is 5.91 Å². The Bertz CT molecular complexity index is 1280. The van der Waals surface area contributed by atoms with Crippen LogP contribution >= 0.6 is 0 Å². The minimum absolute atomic E-state index is 0.0682. The summed E-state index contributed by atoms with van der Waals surface area (Å²) in [5.41, 5.74) is 3.47. The first-order valence-electron chi connectivity index (χ1n) is 12.4. The number of para-hydroxylation sites is 2. The fourth-order valence-electron chi connectivity index (χ4n) is 4.55. The number of nitrogens with zero attached hydrogens (tertiary/aromatic N) is 4. The SMILES string of the molecule is CC(C)CCOc1ccccc1NC(=O)Nc1cc2n(n1)CCN2c1ccc2c(c1)CCN(C)C2=O. The van der Waals surface area contributed by atoms with Crippen molar-refractivity contribution in [3.8, 4) is 5.75 Å². The van der Waals surface area contributed by atoms with E-state index in [-0.39, 0.29) is 11.9 Å². The average molecular weight is 489 g/mol. The summed E-state index contributed by atoms with van der Waals surface area (Å²) in [5, 5.41) is 10.3. The van der Waals surface area contributed by atoms with Crippen molar-refractivity contribution in [1.82, 2.24) is 14.7 Å². The molecule has 2 aliphatic rings. The standard InChI is InChI=1S/C27H32N6O3/c1-18(2)11-15-36-23-7-5-4-6-22(23)28-27(35)29-24-17-25-32(13-14-33(25)30-24)20-8-9-21-19(16-20)10-12-31(3)26(21)34/h4-9,16-18H,10-15H2,1-3H3,(H2,28,29,30,35). The van der Waals surface area contributed by atoms with Gasteiger partial charge in [-0.3, -0.25) is 10.1 Å². The summed E-state index contributed by atoms with van der Waals surface area (Å²) in [6, 6.07) is 14.9. The zero-order valence-corrected chi connectivity index (χ0v) is 21.0. The minimum Gasteiger partial charge on any atom is -0.491 e. The molecule has 36 heavy (non-hydrogen) atoms. The molecule has 0 atom stereocenters. The molecule has 0 aliphatic carbocycles. The van der Waals surface area contributed by atoms with E-state index in [9.17, 15) is 9.59 Å². The summed E-state index contributed by atoms with van der Waals surface area (Å²) in [6.45, 7) is 7.11. The number of urea groups is 1. The van der Waals surface area contributed by atoms with Crippen LogP contribution in [-0.4, -0.2) is 53.4 Å². The number of hydrogen-bond acceptors (Lipinski definition) is 5. The van der Waals surface area contributed by atoms with E-state index in [0.29, 0.717) is 36.3 Å². The lowest BCUT2D eigenvalue weighted by Crippen LogP contribution is -2.34. The van der Waals surface area contributed by atoms with Gasteiger partial charge in [0.05, 0.1) is 18.8 Å². The molecule has 0 spiro atoms. The molecular formula is C27H32N6O3. The molecule has 9 nitrogen and oxygen atoms in total. The summed E-state index contributed by atoms with van der Waals surface area (Å²) in [6.07, 6.45) is 1.78. The highest BCUT2D eigenvalue weighted by molar-refractivity contribution is 6.00. The molecule has 2 N–H and O–H groups in total. The molecule has 0 unspecified atom stereocenters. The summed E-state index contributed by atoms with van der Waals surface area (Å²) in [7, 11) is 1.83. The van der Waals surface area contributed by atoms with E-state index in [1.54, 1.807) is 4.90 Å². The molecule has 188 valence electrons. The van der Waals surface area contributed by atoms with Gasteiger partial charge in [0.1, 0.15) is 11.6 Å². The lowest BCUT2D eigenvalue weighted by Gasteiger charge is -2.26. The van der Waals surface area contributed by atoms with E-state index in [2.05, 4.69) is 40.5 Å². The molecule has 5 rings (SSSR count). The third-order valence-electron chi connectivity index (χ3n) is 6.59. The molecule has 0 fully saturated rings. The number of fused-ring (bicyclic) bond motifs is 2. The highest BCUT2D eigenvalue weighted by Gasteiger charge is 2.26. The van der Waals surface area contributed by atoms with E-state index >= 15 is 0 Å². The molecule has 2 aliphatic heterocycles. The predicted molar refractivity (Wildman–Crippen MR) is 140 cm³/mol. The van der Waals surface area contributed by atoms with Crippen LogP contribution in [0.5, 0.6) is 5.75 Å². The molecule has 3 heterocycles. The Balaban J connectivity index is 1.26. The van der Waals surface area contributed by atoms with Gasteiger partial charge in [-0.2, -0.15) is 5.10 Å². The molecule has 0 bridgehead atoms. The normalized spacial score (nSPS) is 14.6. The van der Waals surface area contributed by atoms with Crippen molar-refractivity contribution in [2.45, 2.75) is 33.2 Å². The van der Waals surface area contributed by atoms with Crippen molar-refractivity contribution < 1.29 is 14.3 Å². The second-order valence-corrected chi connectivity index (χ2v) is 9.69. The third-order valence-corrected chi connectivity index (χ3v) is 6.59. The molecular weight excluding hydrogens is 456 g/mol. The average Bonchev–Trinajstić information content (AvgIpc) is 3.42. The van der Waals surface area contributed by atoms with Gasteiger partial charge in [-0.05, 0) is 54.7 Å². The predicted octanol–water partition coefficient (Wildman–Crippen LogP) is 4.73. The van der Waals surface area contributed by atoms with Crippen LogP contribution in [0.25, 0.3) is 0 Å². The van der Waals surface area contributed by atoms with Gasteiger partial charge < -0.3 is 19.9 Å². The van der Waals surface area contributed by atoms with Gasteiger partial charge in [-0.1, -0.05) is 26.0 Å². The minimum atomic E-state index is -0.380. The van der Waals surface area contributed by atoms with E-state index in [1.807, 2.05) is 54.2 Å². The summed E-state index contributed by atoms with van der Waals surface area (Å²) in [5.74, 6) is 2.63. The van der Waals surface area contributed by atoms with Crippen LogP contribution < -0.4 is 20.3 Å². The third kappa shape index (κ3) is 4.86. The number of aromatic nitrogens is 2. The van der Waals surface area contributed by atoms with Crippen molar-refractivity contribution in [1.29, 1.82) is 0 Å². The van der Waals surface area contributed by atoms with E-state index in [0.717, 1.165) is 48.6 Å². The smallest absolute Gasteiger partial charge is 0.325 e. The number of benzene rings is 2. The highest BCUT2D eigenvalue weighted by atomic mass is 16.5. The number of amides is 3.